The van der Waals surface area contributed by atoms with Gasteiger partial charge in [-0.3, -0.25) is 14.6 Å². The molecule has 34 heavy (non-hydrogen) atoms. The third-order valence-corrected chi connectivity index (χ3v) is 5.02. The van der Waals surface area contributed by atoms with E-state index in [1.54, 1.807) is 25.2 Å². The van der Waals surface area contributed by atoms with Crippen molar-refractivity contribution in [2.75, 3.05) is 18.6 Å². The minimum atomic E-state index is -0.893. The summed E-state index contributed by atoms with van der Waals surface area (Å²) in [5.41, 5.74) is 2.17. The fraction of sp³-hybridized carbons (Fsp3) is 0.148. The summed E-state index contributed by atoms with van der Waals surface area (Å²) in [6.07, 6.45) is 1.48. The molecule has 0 bridgehead atoms. The van der Waals surface area contributed by atoms with Crippen LogP contribution >= 0.6 is 0 Å². The highest BCUT2D eigenvalue weighted by atomic mass is 16.5. The van der Waals surface area contributed by atoms with Gasteiger partial charge in [0.05, 0.1) is 5.69 Å². The second-order valence-electron chi connectivity index (χ2n) is 7.74. The van der Waals surface area contributed by atoms with Crippen LogP contribution in [0, 0.1) is 11.8 Å². The van der Waals surface area contributed by atoms with Gasteiger partial charge in [-0.2, -0.15) is 0 Å². The Morgan fingerprint density at radius 3 is 2.74 bits per heavy atom. The van der Waals surface area contributed by atoms with Crippen LogP contribution in [0.3, 0.4) is 0 Å². The van der Waals surface area contributed by atoms with Gasteiger partial charge in [0.25, 0.3) is 11.8 Å². The van der Waals surface area contributed by atoms with Crippen molar-refractivity contribution in [2.24, 2.45) is 0 Å². The van der Waals surface area contributed by atoms with Gasteiger partial charge in [-0.25, -0.2) is 0 Å². The van der Waals surface area contributed by atoms with Gasteiger partial charge in [-0.05, 0) is 48.9 Å². The Balaban J connectivity index is 1.49. The van der Waals surface area contributed by atoms with E-state index in [9.17, 15) is 9.59 Å². The van der Waals surface area contributed by atoms with E-state index >= 15 is 0 Å². The molecule has 1 aliphatic heterocycles. The maximum absolute atomic E-state index is 13.1. The Morgan fingerprint density at radius 2 is 1.97 bits per heavy atom. The highest BCUT2D eigenvalue weighted by Crippen LogP contribution is 2.31. The van der Waals surface area contributed by atoms with Crippen LogP contribution in [0.1, 0.15) is 23.0 Å². The quantitative estimate of drug-likeness (QED) is 0.605. The first-order chi connectivity index (χ1) is 16.4. The zero-order chi connectivity index (χ0) is 24.1. The van der Waals surface area contributed by atoms with Crippen molar-refractivity contribution < 1.29 is 19.1 Å². The highest BCUT2D eigenvalue weighted by Gasteiger charge is 2.31. The Hall–Kier alpha value is -4.57. The molecule has 1 aliphatic rings. The van der Waals surface area contributed by atoms with Gasteiger partial charge in [0, 0.05) is 24.9 Å². The lowest BCUT2D eigenvalue weighted by atomic mass is 10.1. The van der Waals surface area contributed by atoms with Gasteiger partial charge in [-0.15, -0.1) is 0 Å². The molecule has 0 saturated heterocycles. The first-order valence-electron chi connectivity index (χ1n) is 10.6. The first kappa shape index (κ1) is 22.6. The summed E-state index contributed by atoms with van der Waals surface area (Å²) in [5, 5.41) is 2.72. The van der Waals surface area contributed by atoms with Gasteiger partial charge in [0.1, 0.15) is 35.6 Å². The van der Waals surface area contributed by atoms with Crippen LogP contribution in [-0.2, 0) is 4.79 Å². The maximum atomic E-state index is 13.1. The number of para-hydroxylation sites is 1. The van der Waals surface area contributed by atoms with E-state index in [4.69, 9.17) is 9.47 Å². The number of likely N-dealkylation sites (N-methyl/N-ethyl adjacent to an activating group) is 1. The average molecular weight is 453 g/mol. The lowest BCUT2D eigenvalue weighted by molar-refractivity contribution is -0.120. The standard InChI is InChI=1S/C27H23N3O4/c1-18(2)9-10-19-11-12-25-24(15-19)30(3)27(32)23(17-33-25)29-26(31)22-16-21(13-14-28-22)34-20-7-5-4-6-8-20/h4-8,11-16,23H,1,17H2,2-3H3,(H,29,31)/t23-/m0/s1. The molecule has 4 rings (SSSR count). The number of nitrogens with zero attached hydrogens (tertiary/aromatic N) is 2. The van der Waals surface area contributed by atoms with Crippen LogP contribution < -0.4 is 19.7 Å². The lowest BCUT2D eigenvalue weighted by Gasteiger charge is -2.20. The van der Waals surface area contributed by atoms with Crippen LogP contribution in [0.5, 0.6) is 17.2 Å². The molecule has 170 valence electrons. The summed E-state index contributed by atoms with van der Waals surface area (Å²) in [4.78, 5) is 31.6. The van der Waals surface area contributed by atoms with E-state index in [1.807, 2.05) is 43.3 Å². The second-order valence-corrected chi connectivity index (χ2v) is 7.74. The predicted octanol–water partition coefficient (Wildman–Crippen LogP) is 3.96. The Morgan fingerprint density at radius 1 is 1.18 bits per heavy atom. The van der Waals surface area contributed by atoms with Crippen LogP contribution in [0.4, 0.5) is 5.69 Å². The van der Waals surface area contributed by atoms with Crippen LogP contribution in [-0.4, -0.2) is 36.5 Å². The number of aromatic nitrogens is 1. The molecule has 2 aromatic carbocycles. The minimum absolute atomic E-state index is 0.0150. The molecule has 0 fully saturated rings. The number of carbonyl (C=O) groups excluding carboxylic acids is 2. The second kappa shape index (κ2) is 9.92. The number of anilines is 1. The minimum Gasteiger partial charge on any atom is -0.489 e. The highest BCUT2D eigenvalue weighted by molar-refractivity contribution is 6.03. The van der Waals surface area contributed by atoms with Gasteiger partial charge < -0.3 is 19.7 Å². The summed E-state index contributed by atoms with van der Waals surface area (Å²) in [6, 6.07) is 16.8. The number of hydrogen-bond donors (Lipinski definition) is 1. The number of rotatable bonds is 4. The van der Waals surface area contributed by atoms with Crippen molar-refractivity contribution in [1.29, 1.82) is 0 Å². The maximum Gasteiger partial charge on any atom is 0.270 e. The Kier molecular flexibility index (Phi) is 6.60. The molecule has 2 heterocycles. The van der Waals surface area contributed by atoms with Crippen LogP contribution in [0.25, 0.3) is 0 Å². The summed E-state index contributed by atoms with van der Waals surface area (Å²) >= 11 is 0. The fourth-order valence-electron chi connectivity index (χ4n) is 3.31. The number of ether oxygens (including phenoxy) is 2. The van der Waals surface area contributed by atoms with E-state index < -0.39 is 11.9 Å². The monoisotopic (exact) mass is 453 g/mol. The number of nitrogens with one attached hydrogen (secondary N) is 1. The fourth-order valence-corrected chi connectivity index (χ4v) is 3.31. The van der Waals surface area contributed by atoms with Crippen LogP contribution in [0.2, 0.25) is 0 Å². The zero-order valence-corrected chi connectivity index (χ0v) is 18.9. The Labute approximate surface area is 198 Å². The molecule has 0 saturated carbocycles. The molecule has 2 amide bonds. The molecule has 0 spiro atoms. The number of carbonyl (C=O) groups is 2. The molecule has 7 heteroatoms. The van der Waals surface area contributed by atoms with E-state index in [0.29, 0.717) is 22.9 Å². The van der Waals surface area contributed by atoms with E-state index in [0.717, 1.165) is 11.1 Å². The number of pyridine rings is 1. The van der Waals surface area contributed by atoms with Crippen molar-refractivity contribution in [3.63, 3.8) is 0 Å². The molecule has 7 nitrogen and oxygen atoms in total. The van der Waals surface area contributed by atoms with Crippen molar-refractivity contribution in [3.8, 4) is 29.1 Å². The van der Waals surface area contributed by atoms with E-state index in [1.165, 1.54) is 17.2 Å². The molecular weight excluding hydrogens is 430 g/mol. The molecule has 0 radical (unpaired) electrons. The smallest absolute Gasteiger partial charge is 0.270 e. The predicted molar refractivity (Wildman–Crippen MR) is 129 cm³/mol. The number of hydrogen-bond acceptors (Lipinski definition) is 5. The van der Waals surface area contributed by atoms with Crippen LogP contribution in [0.15, 0.2) is 79.0 Å². The average Bonchev–Trinajstić information content (AvgIpc) is 2.95. The zero-order valence-electron chi connectivity index (χ0n) is 18.9. The lowest BCUT2D eigenvalue weighted by Crippen LogP contribution is -2.49. The normalized spacial score (nSPS) is 14.6. The molecule has 1 atom stereocenters. The summed E-state index contributed by atoms with van der Waals surface area (Å²) < 4.78 is 11.6. The number of allylic oxidation sites excluding steroid dienone is 1. The largest absolute Gasteiger partial charge is 0.489 e. The number of amides is 2. The number of fused-ring (bicyclic) bond motifs is 1. The molecule has 0 aliphatic carbocycles. The van der Waals surface area contributed by atoms with Crippen molar-refractivity contribution in [1.82, 2.24) is 10.3 Å². The Bertz CT molecular complexity index is 1310. The van der Waals surface area contributed by atoms with E-state index in [-0.39, 0.29) is 18.2 Å². The molecule has 3 aromatic rings. The third kappa shape index (κ3) is 5.25. The third-order valence-electron chi connectivity index (χ3n) is 5.02. The summed E-state index contributed by atoms with van der Waals surface area (Å²) in [6.45, 7) is 5.58. The summed E-state index contributed by atoms with van der Waals surface area (Å²) in [7, 11) is 1.64. The van der Waals surface area contributed by atoms with Gasteiger partial charge in [-0.1, -0.05) is 36.6 Å². The van der Waals surface area contributed by atoms with Crippen molar-refractivity contribution >= 4 is 17.5 Å². The molecular formula is C27H23N3O4. The van der Waals surface area contributed by atoms with Crippen molar-refractivity contribution in [2.45, 2.75) is 13.0 Å². The van der Waals surface area contributed by atoms with E-state index in [2.05, 4.69) is 28.7 Å². The SMILES string of the molecule is C=C(C)C#Cc1ccc2c(c1)N(C)C(=O)[C@@H](NC(=O)c1cc(Oc3ccccc3)ccn1)CO2. The van der Waals surface area contributed by atoms with Gasteiger partial charge in [0.15, 0.2) is 0 Å². The molecule has 1 N–H and O–H groups in total. The molecule has 1 aromatic heterocycles. The van der Waals surface area contributed by atoms with Gasteiger partial charge >= 0.3 is 0 Å². The first-order valence-corrected chi connectivity index (χ1v) is 10.6. The topological polar surface area (TPSA) is 80.8 Å². The van der Waals surface area contributed by atoms with Gasteiger partial charge in [0.2, 0.25) is 0 Å². The number of benzene rings is 2. The summed E-state index contributed by atoms with van der Waals surface area (Å²) in [5.74, 6) is 6.74. The molecule has 0 unspecified atom stereocenters. The van der Waals surface area contributed by atoms with Crippen molar-refractivity contribution in [3.05, 3.63) is 90.3 Å².